The van der Waals surface area contributed by atoms with E-state index in [1.54, 1.807) is 0 Å². The predicted molar refractivity (Wildman–Crippen MR) is 48.5 cm³/mol. The molecule has 0 amide bonds. The summed E-state index contributed by atoms with van der Waals surface area (Å²) in [6.45, 7) is 1.16. The molecular weight excluding hydrogens is 204 g/mol. The van der Waals surface area contributed by atoms with Gasteiger partial charge in [-0.05, 0) is 35.3 Å². The van der Waals surface area contributed by atoms with Crippen molar-refractivity contribution < 1.29 is 0 Å². The van der Waals surface area contributed by atoms with Gasteiger partial charge < -0.3 is 10.3 Å². The Morgan fingerprint density at radius 1 is 1.45 bits per heavy atom. The van der Waals surface area contributed by atoms with Gasteiger partial charge in [-0.1, -0.05) is 0 Å². The largest absolute Gasteiger partial charge is 0.366 e. The zero-order chi connectivity index (χ0) is 7.68. The molecule has 0 bridgehead atoms. The van der Waals surface area contributed by atoms with Crippen LogP contribution in [-0.2, 0) is 0 Å². The molecule has 1 aromatic heterocycles. The van der Waals surface area contributed by atoms with Crippen molar-refractivity contribution in [3.8, 4) is 0 Å². The first-order valence-corrected chi connectivity index (χ1v) is 4.73. The van der Waals surface area contributed by atoms with Gasteiger partial charge in [-0.3, -0.25) is 0 Å². The fourth-order valence-electron chi connectivity index (χ4n) is 1.57. The van der Waals surface area contributed by atoms with Crippen LogP contribution in [0, 0.1) is 0 Å². The molecule has 0 unspecified atom stereocenters. The molecular formula is C8H11BrN2. The Labute approximate surface area is 74.5 Å². The number of aromatic amines is 1. The first-order chi connectivity index (χ1) is 5.38. The first kappa shape index (κ1) is 7.37. The van der Waals surface area contributed by atoms with Gasteiger partial charge >= 0.3 is 0 Å². The highest BCUT2D eigenvalue weighted by Gasteiger charge is 2.18. The summed E-state index contributed by atoms with van der Waals surface area (Å²) in [4.78, 5) is 3.09. The normalized spacial score (nSPS) is 24.3. The number of nitrogens with one attached hydrogen (secondary N) is 2. The summed E-state index contributed by atoms with van der Waals surface area (Å²) in [6.07, 6.45) is 6.60. The van der Waals surface area contributed by atoms with Gasteiger partial charge in [0.2, 0.25) is 0 Å². The summed E-state index contributed by atoms with van der Waals surface area (Å²) in [6, 6.07) is 0.565. The van der Waals surface area contributed by atoms with E-state index in [0.717, 1.165) is 6.54 Å². The summed E-state index contributed by atoms with van der Waals surface area (Å²) < 4.78 is 1.19. The van der Waals surface area contributed by atoms with Gasteiger partial charge in [-0.15, -0.1) is 0 Å². The van der Waals surface area contributed by atoms with Crippen LogP contribution < -0.4 is 5.32 Å². The first-order valence-electron chi connectivity index (χ1n) is 3.93. The molecule has 1 fully saturated rings. The second-order valence-electron chi connectivity index (χ2n) is 2.91. The van der Waals surface area contributed by atoms with E-state index < -0.39 is 0 Å². The van der Waals surface area contributed by atoms with E-state index in [-0.39, 0.29) is 0 Å². The number of aromatic nitrogens is 1. The Bertz CT molecular complexity index is 238. The maximum Gasteiger partial charge on any atom is 0.0397 e. The van der Waals surface area contributed by atoms with Crippen molar-refractivity contribution in [2.24, 2.45) is 0 Å². The van der Waals surface area contributed by atoms with Crippen LogP contribution in [-0.4, -0.2) is 11.5 Å². The van der Waals surface area contributed by atoms with Gasteiger partial charge in [0.05, 0.1) is 0 Å². The monoisotopic (exact) mass is 214 g/mol. The molecule has 2 heterocycles. The number of hydrogen-bond donors (Lipinski definition) is 2. The molecule has 1 saturated heterocycles. The van der Waals surface area contributed by atoms with Crippen LogP contribution in [0.5, 0.6) is 0 Å². The zero-order valence-corrected chi connectivity index (χ0v) is 7.82. The van der Waals surface area contributed by atoms with E-state index >= 15 is 0 Å². The van der Waals surface area contributed by atoms with Gasteiger partial charge in [0.15, 0.2) is 0 Å². The molecule has 1 aliphatic rings. The van der Waals surface area contributed by atoms with Crippen molar-refractivity contribution in [1.82, 2.24) is 10.3 Å². The third-order valence-electron chi connectivity index (χ3n) is 2.16. The second kappa shape index (κ2) is 2.99. The molecule has 2 nitrogen and oxygen atoms in total. The van der Waals surface area contributed by atoms with Gasteiger partial charge in [0, 0.05) is 28.5 Å². The number of H-pyrrole nitrogens is 1. The van der Waals surface area contributed by atoms with Gasteiger partial charge in [-0.2, -0.15) is 0 Å². The molecule has 0 spiro atoms. The number of hydrogen-bond acceptors (Lipinski definition) is 1. The van der Waals surface area contributed by atoms with E-state index in [9.17, 15) is 0 Å². The van der Waals surface area contributed by atoms with Crippen LogP contribution in [0.25, 0.3) is 0 Å². The molecule has 1 atom stereocenters. The molecule has 0 aliphatic carbocycles. The third kappa shape index (κ3) is 1.35. The van der Waals surface area contributed by atoms with E-state index in [1.165, 1.54) is 22.9 Å². The minimum absolute atomic E-state index is 0.565. The Morgan fingerprint density at radius 2 is 2.36 bits per heavy atom. The van der Waals surface area contributed by atoms with Gasteiger partial charge in [0.25, 0.3) is 0 Å². The highest BCUT2D eigenvalue weighted by Crippen LogP contribution is 2.28. The summed E-state index contributed by atoms with van der Waals surface area (Å²) in [5, 5.41) is 3.45. The van der Waals surface area contributed by atoms with E-state index in [1.807, 2.05) is 6.20 Å². The van der Waals surface area contributed by atoms with Crippen molar-refractivity contribution >= 4 is 15.9 Å². The van der Waals surface area contributed by atoms with Crippen molar-refractivity contribution in [1.29, 1.82) is 0 Å². The predicted octanol–water partition coefficient (Wildman–Crippen LogP) is 2.20. The van der Waals surface area contributed by atoms with E-state index in [2.05, 4.69) is 32.4 Å². The lowest BCUT2D eigenvalue weighted by atomic mass is 10.1. The summed E-state index contributed by atoms with van der Waals surface area (Å²) in [5.41, 5.74) is 1.36. The van der Waals surface area contributed by atoms with Crippen LogP contribution >= 0.6 is 15.9 Å². The molecule has 11 heavy (non-hydrogen) atoms. The van der Waals surface area contributed by atoms with Crippen molar-refractivity contribution in [3.05, 3.63) is 22.4 Å². The lowest BCUT2D eigenvalue weighted by Crippen LogP contribution is -2.12. The maximum atomic E-state index is 3.51. The summed E-state index contributed by atoms with van der Waals surface area (Å²) in [7, 11) is 0. The molecule has 2 rings (SSSR count). The molecule has 1 aliphatic heterocycles. The average molecular weight is 215 g/mol. The molecule has 3 heteroatoms. The third-order valence-corrected chi connectivity index (χ3v) is 2.85. The molecule has 0 radical (unpaired) electrons. The summed E-state index contributed by atoms with van der Waals surface area (Å²) >= 11 is 3.51. The Balaban J connectivity index is 2.21. The standard InChI is InChI=1S/C8H11BrN2/c9-7-5-10-4-6(7)8-2-1-3-11-8/h4-5,8,10-11H,1-3H2/t8-/m1/s1. The molecule has 0 saturated carbocycles. The highest BCUT2D eigenvalue weighted by molar-refractivity contribution is 9.10. The summed E-state index contributed by atoms with van der Waals surface area (Å²) in [5.74, 6) is 0. The molecule has 2 N–H and O–H groups in total. The van der Waals surface area contributed by atoms with Crippen LogP contribution in [0.3, 0.4) is 0 Å². The van der Waals surface area contributed by atoms with Crippen LogP contribution in [0.4, 0.5) is 0 Å². The Morgan fingerprint density at radius 3 is 2.91 bits per heavy atom. The van der Waals surface area contributed by atoms with Crippen molar-refractivity contribution in [2.45, 2.75) is 18.9 Å². The lowest BCUT2D eigenvalue weighted by molar-refractivity contribution is 0.646. The number of halogens is 1. The second-order valence-corrected chi connectivity index (χ2v) is 3.76. The zero-order valence-electron chi connectivity index (χ0n) is 6.23. The highest BCUT2D eigenvalue weighted by atomic mass is 79.9. The van der Waals surface area contributed by atoms with Gasteiger partial charge in [0.1, 0.15) is 0 Å². The van der Waals surface area contributed by atoms with E-state index in [0.29, 0.717) is 6.04 Å². The molecule has 60 valence electrons. The van der Waals surface area contributed by atoms with Gasteiger partial charge in [-0.25, -0.2) is 0 Å². The fourth-order valence-corrected chi connectivity index (χ4v) is 2.10. The SMILES string of the molecule is Brc1c[nH]cc1[C@H]1CCCN1. The lowest BCUT2D eigenvalue weighted by Gasteiger charge is -2.07. The quantitative estimate of drug-likeness (QED) is 0.738. The maximum absolute atomic E-state index is 3.51. The van der Waals surface area contributed by atoms with Crippen LogP contribution in [0.1, 0.15) is 24.4 Å². The molecule has 1 aromatic rings. The smallest absolute Gasteiger partial charge is 0.0397 e. The minimum Gasteiger partial charge on any atom is -0.366 e. The van der Waals surface area contributed by atoms with Crippen molar-refractivity contribution in [2.75, 3.05) is 6.54 Å². The fraction of sp³-hybridized carbons (Fsp3) is 0.500. The topological polar surface area (TPSA) is 27.8 Å². The minimum atomic E-state index is 0.565. The molecule has 0 aromatic carbocycles. The van der Waals surface area contributed by atoms with Crippen LogP contribution in [0.15, 0.2) is 16.9 Å². The number of rotatable bonds is 1. The average Bonchev–Trinajstić information content (AvgIpc) is 2.55. The Hall–Kier alpha value is -0.280. The Kier molecular flexibility index (Phi) is 2.00. The van der Waals surface area contributed by atoms with E-state index in [4.69, 9.17) is 0 Å². The van der Waals surface area contributed by atoms with Crippen molar-refractivity contribution in [3.63, 3.8) is 0 Å². The van der Waals surface area contributed by atoms with Crippen LogP contribution in [0.2, 0.25) is 0 Å².